The van der Waals surface area contributed by atoms with Crippen LogP contribution in [-0.2, 0) is 0 Å². The molecule has 0 atom stereocenters. The van der Waals surface area contributed by atoms with Gasteiger partial charge in [-0.05, 0) is 30.3 Å². The fourth-order valence-corrected chi connectivity index (χ4v) is 1.77. The number of nitro groups is 1. The van der Waals surface area contributed by atoms with Crippen LogP contribution in [-0.4, -0.2) is 17.0 Å². The van der Waals surface area contributed by atoms with E-state index in [2.05, 4.69) is 10.5 Å². The molecule has 2 aromatic carbocycles. The van der Waals surface area contributed by atoms with Crippen molar-refractivity contribution in [2.45, 2.75) is 0 Å². The first kappa shape index (κ1) is 15.5. The number of nitrogens with two attached hydrogens (primary N) is 1. The summed E-state index contributed by atoms with van der Waals surface area (Å²) in [5, 5.41) is 14.7. The number of nitrogen functional groups attached to an aromatic ring is 1. The minimum atomic E-state index is -0.541. The number of non-ortho nitro benzene ring substituents is 1. The van der Waals surface area contributed by atoms with Gasteiger partial charge in [0.25, 0.3) is 11.6 Å². The number of anilines is 1. The quantitative estimate of drug-likeness (QED) is 0.390. The minimum absolute atomic E-state index is 0.115. The molecule has 0 unspecified atom stereocenters. The zero-order chi connectivity index (χ0) is 16.1. The minimum Gasteiger partial charge on any atom is -0.399 e. The summed E-state index contributed by atoms with van der Waals surface area (Å²) in [6.45, 7) is 0. The SMILES string of the molecule is Nc1ccc(C(=O)N/N=C/c2cc([N+](=O)[O-])ccc2Cl)cc1. The smallest absolute Gasteiger partial charge is 0.271 e. The fraction of sp³-hybridized carbons (Fsp3) is 0. The van der Waals surface area contributed by atoms with E-state index in [-0.39, 0.29) is 10.7 Å². The Balaban J connectivity index is 2.09. The number of hydrogen-bond donors (Lipinski definition) is 2. The number of amides is 1. The van der Waals surface area contributed by atoms with Crippen molar-refractivity contribution in [1.82, 2.24) is 5.43 Å². The highest BCUT2D eigenvalue weighted by Gasteiger charge is 2.08. The zero-order valence-electron chi connectivity index (χ0n) is 11.2. The van der Waals surface area contributed by atoms with Crippen molar-refractivity contribution in [3.8, 4) is 0 Å². The number of carbonyl (C=O) groups is 1. The number of nitrogens with zero attached hydrogens (tertiary/aromatic N) is 2. The van der Waals surface area contributed by atoms with Gasteiger partial charge >= 0.3 is 0 Å². The van der Waals surface area contributed by atoms with Crippen LogP contribution in [0.3, 0.4) is 0 Å². The van der Waals surface area contributed by atoms with Crippen LogP contribution >= 0.6 is 11.6 Å². The van der Waals surface area contributed by atoms with E-state index in [1.807, 2.05) is 0 Å². The number of benzene rings is 2. The summed E-state index contributed by atoms with van der Waals surface area (Å²) in [6.07, 6.45) is 1.24. The van der Waals surface area contributed by atoms with Crippen molar-refractivity contribution in [2.75, 3.05) is 5.73 Å². The van der Waals surface area contributed by atoms with E-state index < -0.39 is 10.8 Å². The standard InChI is InChI=1S/C14H11ClN4O3/c15-13-6-5-12(19(21)22)7-10(13)8-17-18-14(20)9-1-3-11(16)4-2-9/h1-8H,16H2,(H,18,20)/b17-8+. The lowest BCUT2D eigenvalue weighted by Gasteiger charge is -2.01. The Morgan fingerprint density at radius 2 is 1.95 bits per heavy atom. The number of rotatable bonds is 4. The summed E-state index contributed by atoms with van der Waals surface area (Å²) >= 11 is 5.91. The van der Waals surface area contributed by atoms with Crippen molar-refractivity contribution in [3.05, 3.63) is 68.7 Å². The molecule has 2 rings (SSSR count). The Morgan fingerprint density at radius 1 is 1.27 bits per heavy atom. The largest absolute Gasteiger partial charge is 0.399 e. The fourth-order valence-electron chi connectivity index (χ4n) is 1.60. The molecule has 0 aromatic heterocycles. The number of nitrogens with one attached hydrogen (secondary N) is 1. The Hall–Kier alpha value is -2.93. The molecule has 22 heavy (non-hydrogen) atoms. The lowest BCUT2D eigenvalue weighted by atomic mass is 10.2. The van der Waals surface area contributed by atoms with Crippen molar-refractivity contribution < 1.29 is 9.72 Å². The summed E-state index contributed by atoms with van der Waals surface area (Å²) in [7, 11) is 0. The van der Waals surface area contributed by atoms with Crippen LogP contribution in [0.4, 0.5) is 11.4 Å². The van der Waals surface area contributed by atoms with Crippen LogP contribution in [0.5, 0.6) is 0 Å². The van der Waals surface area contributed by atoms with Crippen LogP contribution in [0.1, 0.15) is 15.9 Å². The lowest BCUT2D eigenvalue weighted by Crippen LogP contribution is -2.17. The molecule has 7 nitrogen and oxygen atoms in total. The Labute approximate surface area is 130 Å². The van der Waals surface area contributed by atoms with Gasteiger partial charge in [0.05, 0.1) is 11.1 Å². The van der Waals surface area contributed by atoms with Crippen molar-refractivity contribution >= 4 is 35.1 Å². The molecule has 1 amide bonds. The molecule has 0 saturated carbocycles. The van der Waals surface area contributed by atoms with Crippen molar-refractivity contribution in [1.29, 1.82) is 0 Å². The second kappa shape index (κ2) is 6.68. The third-order valence-electron chi connectivity index (χ3n) is 2.73. The third-order valence-corrected chi connectivity index (χ3v) is 3.08. The third kappa shape index (κ3) is 3.80. The normalized spacial score (nSPS) is 10.6. The van der Waals surface area contributed by atoms with E-state index in [0.717, 1.165) is 0 Å². The molecule has 0 fully saturated rings. The molecule has 3 N–H and O–H groups in total. The Kier molecular flexibility index (Phi) is 4.70. The van der Waals surface area contributed by atoms with Crippen molar-refractivity contribution in [2.24, 2.45) is 5.10 Å². The number of hydrogen-bond acceptors (Lipinski definition) is 5. The number of nitro benzene ring substituents is 1. The molecule has 112 valence electrons. The van der Waals surface area contributed by atoms with Crippen LogP contribution < -0.4 is 11.2 Å². The molecule has 0 radical (unpaired) electrons. The van der Waals surface area contributed by atoms with E-state index in [0.29, 0.717) is 16.8 Å². The second-order valence-corrected chi connectivity index (χ2v) is 4.69. The highest BCUT2D eigenvalue weighted by atomic mass is 35.5. The Morgan fingerprint density at radius 3 is 2.59 bits per heavy atom. The van der Waals surface area contributed by atoms with Gasteiger partial charge in [0.1, 0.15) is 0 Å². The maximum Gasteiger partial charge on any atom is 0.271 e. The van der Waals surface area contributed by atoms with E-state index in [1.165, 1.54) is 24.4 Å². The monoisotopic (exact) mass is 318 g/mol. The van der Waals surface area contributed by atoms with E-state index >= 15 is 0 Å². The number of carbonyl (C=O) groups excluding carboxylic acids is 1. The maximum atomic E-state index is 11.8. The van der Waals surface area contributed by atoms with E-state index in [4.69, 9.17) is 17.3 Å². The topological polar surface area (TPSA) is 111 Å². The zero-order valence-corrected chi connectivity index (χ0v) is 11.9. The molecule has 0 saturated heterocycles. The molecule has 0 bridgehead atoms. The average molecular weight is 319 g/mol. The highest BCUT2D eigenvalue weighted by molar-refractivity contribution is 6.33. The van der Waals surface area contributed by atoms with Gasteiger partial charge in [-0.3, -0.25) is 14.9 Å². The molecule has 0 spiro atoms. The molecule has 0 aliphatic carbocycles. The van der Waals surface area contributed by atoms with Crippen LogP contribution in [0, 0.1) is 10.1 Å². The number of halogens is 1. The number of hydrazone groups is 1. The Bertz CT molecular complexity index is 744. The predicted octanol–water partition coefficient (Wildman–Crippen LogP) is 2.59. The van der Waals surface area contributed by atoms with Gasteiger partial charge in [0.15, 0.2) is 0 Å². The lowest BCUT2D eigenvalue weighted by molar-refractivity contribution is -0.384. The maximum absolute atomic E-state index is 11.8. The molecule has 0 aliphatic rings. The van der Waals surface area contributed by atoms with Gasteiger partial charge in [-0.1, -0.05) is 11.6 Å². The molecule has 2 aromatic rings. The van der Waals surface area contributed by atoms with Gasteiger partial charge in [0.2, 0.25) is 0 Å². The van der Waals surface area contributed by atoms with Gasteiger partial charge in [-0.2, -0.15) is 5.10 Å². The van der Waals surface area contributed by atoms with Crippen LogP contribution in [0.15, 0.2) is 47.6 Å². The summed E-state index contributed by atoms with van der Waals surface area (Å²) in [4.78, 5) is 22.0. The second-order valence-electron chi connectivity index (χ2n) is 4.28. The first-order valence-corrected chi connectivity index (χ1v) is 6.48. The van der Waals surface area contributed by atoms with Gasteiger partial charge in [-0.25, -0.2) is 5.43 Å². The summed E-state index contributed by atoms with van der Waals surface area (Å²) in [5.41, 5.74) is 8.97. The first-order chi connectivity index (χ1) is 10.5. The molecular formula is C14H11ClN4O3. The highest BCUT2D eigenvalue weighted by Crippen LogP contribution is 2.20. The van der Waals surface area contributed by atoms with Gasteiger partial charge in [0, 0.05) is 34.0 Å². The van der Waals surface area contributed by atoms with Crippen LogP contribution in [0.25, 0.3) is 0 Å². The van der Waals surface area contributed by atoms with E-state index in [1.54, 1.807) is 24.3 Å². The van der Waals surface area contributed by atoms with Crippen molar-refractivity contribution in [3.63, 3.8) is 0 Å². The summed E-state index contributed by atoms with van der Waals surface area (Å²) < 4.78 is 0. The summed E-state index contributed by atoms with van der Waals surface area (Å²) in [5.74, 6) is -0.433. The van der Waals surface area contributed by atoms with Gasteiger partial charge in [-0.15, -0.1) is 0 Å². The molecule has 0 aliphatic heterocycles. The van der Waals surface area contributed by atoms with Crippen LogP contribution in [0.2, 0.25) is 5.02 Å². The van der Waals surface area contributed by atoms with Gasteiger partial charge < -0.3 is 5.73 Å². The first-order valence-electron chi connectivity index (χ1n) is 6.10. The molecular weight excluding hydrogens is 308 g/mol. The molecule has 0 heterocycles. The summed E-state index contributed by atoms with van der Waals surface area (Å²) in [6, 6.07) is 10.2. The molecule has 8 heteroatoms. The predicted molar refractivity (Wildman–Crippen MR) is 84.0 cm³/mol. The average Bonchev–Trinajstić information content (AvgIpc) is 2.49. The van der Waals surface area contributed by atoms with E-state index in [9.17, 15) is 14.9 Å².